The first kappa shape index (κ1) is 16.7. The highest BCUT2D eigenvalue weighted by atomic mass is 19.4. The van der Waals surface area contributed by atoms with E-state index in [9.17, 15) is 18.3 Å². The Labute approximate surface area is 112 Å². The summed E-state index contributed by atoms with van der Waals surface area (Å²) in [7, 11) is 0. The number of unbranched alkanes of at least 4 members (excludes halogenated alkanes) is 3. The number of ether oxygens (including phenoxy) is 2. The van der Waals surface area contributed by atoms with Crippen LogP contribution in [-0.2, 0) is 9.47 Å². The molecule has 1 rings (SSSR count). The van der Waals surface area contributed by atoms with Crippen LogP contribution in [0.15, 0.2) is 0 Å². The minimum Gasteiger partial charge on any atom is -0.390 e. The summed E-state index contributed by atoms with van der Waals surface area (Å²) >= 11 is 0. The minimum atomic E-state index is -4.56. The maximum atomic E-state index is 12.7. The van der Waals surface area contributed by atoms with Gasteiger partial charge in [0.15, 0.2) is 12.4 Å². The van der Waals surface area contributed by atoms with Crippen LogP contribution in [0, 0.1) is 5.92 Å². The quantitative estimate of drug-likeness (QED) is 0.761. The molecule has 0 aromatic carbocycles. The second kappa shape index (κ2) is 7.45. The highest BCUT2D eigenvalue weighted by Gasteiger charge is 2.51. The Hall–Kier alpha value is -0.330. The molecule has 0 aromatic heterocycles. The van der Waals surface area contributed by atoms with E-state index in [0.29, 0.717) is 13.0 Å². The third kappa shape index (κ3) is 5.28. The molecule has 0 bridgehead atoms. The van der Waals surface area contributed by atoms with Gasteiger partial charge in [0.05, 0.1) is 6.10 Å². The average Bonchev–Trinajstić information content (AvgIpc) is 2.31. The molecule has 4 unspecified atom stereocenters. The molecule has 114 valence electrons. The lowest BCUT2D eigenvalue weighted by molar-refractivity contribution is -0.321. The van der Waals surface area contributed by atoms with E-state index in [1.54, 1.807) is 6.92 Å². The summed E-state index contributed by atoms with van der Waals surface area (Å²) in [5.41, 5.74) is 0. The Morgan fingerprint density at radius 2 is 1.95 bits per heavy atom. The summed E-state index contributed by atoms with van der Waals surface area (Å²) in [4.78, 5) is 0. The fourth-order valence-corrected chi connectivity index (χ4v) is 2.16. The molecule has 1 saturated heterocycles. The fourth-order valence-electron chi connectivity index (χ4n) is 2.16. The Morgan fingerprint density at radius 3 is 2.53 bits per heavy atom. The number of aliphatic hydroxyl groups excluding tert-OH is 1. The maximum Gasteiger partial charge on any atom is 0.417 e. The van der Waals surface area contributed by atoms with Crippen LogP contribution in [0.5, 0.6) is 0 Å². The summed E-state index contributed by atoms with van der Waals surface area (Å²) in [6.45, 7) is 4.07. The van der Waals surface area contributed by atoms with Crippen molar-refractivity contribution in [1.82, 2.24) is 0 Å². The molecule has 1 N–H and O–H groups in total. The molecule has 19 heavy (non-hydrogen) atoms. The minimum absolute atomic E-state index is 0.293. The topological polar surface area (TPSA) is 38.7 Å². The van der Waals surface area contributed by atoms with Crippen LogP contribution < -0.4 is 0 Å². The molecule has 1 aliphatic rings. The van der Waals surface area contributed by atoms with E-state index in [2.05, 4.69) is 6.92 Å². The average molecular weight is 284 g/mol. The Kier molecular flexibility index (Phi) is 6.56. The predicted octanol–water partition coefficient (Wildman–Crippen LogP) is 3.26. The third-order valence-corrected chi connectivity index (χ3v) is 3.38. The van der Waals surface area contributed by atoms with Gasteiger partial charge in [-0.1, -0.05) is 33.1 Å². The number of aliphatic hydroxyl groups is 1. The number of rotatable bonds is 6. The van der Waals surface area contributed by atoms with E-state index in [4.69, 9.17) is 9.47 Å². The van der Waals surface area contributed by atoms with Crippen molar-refractivity contribution in [2.75, 3.05) is 6.61 Å². The molecule has 0 saturated carbocycles. The van der Waals surface area contributed by atoms with Crippen molar-refractivity contribution in [1.29, 1.82) is 0 Å². The Balaban J connectivity index is 2.39. The zero-order valence-corrected chi connectivity index (χ0v) is 11.4. The van der Waals surface area contributed by atoms with Crippen LogP contribution in [0.1, 0.15) is 46.0 Å². The van der Waals surface area contributed by atoms with Crippen molar-refractivity contribution < 1.29 is 27.8 Å². The summed E-state index contributed by atoms with van der Waals surface area (Å²) in [5, 5.41) is 9.53. The highest BCUT2D eigenvalue weighted by Crippen LogP contribution is 2.35. The molecule has 0 spiro atoms. The van der Waals surface area contributed by atoms with Gasteiger partial charge in [-0.25, -0.2) is 0 Å². The van der Waals surface area contributed by atoms with Crippen molar-refractivity contribution in [3.05, 3.63) is 0 Å². The van der Waals surface area contributed by atoms with Crippen LogP contribution in [0.3, 0.4) is 0 Å². The van der Waals surface area contributed by atoms with Crippen LogP contribution in [0.4, 0.5) is 13.2 Å². The molecule has 0 radical (unpaired) electrons. The van der Waals surface area contributed by atoms with Crippen molar-refractivity contribution in [3.8, 4) is 0 Å². The molecule has 0 amide bonds. The zero-order valence-electron chi connectivity index (χ0n) is 11.4. The number of hydrogen-bond donors (Lipinski definition) is 1. The number of halogens is 3. The highest BCUT2D eigenvalue weighted by molar-refractivity contribution is 4.85. The first-order valence-electron chi connectivity index (χ1n) is 6.88. The lowest BCUT2D eigenvalue weighted by Gasteiger charge is -2.38. The monoisotopic (exact) mass is 284 g/mol. The molecule has 3 nitrogen and oxygen atoms in total. The van der Waals surface area contributed by atoms with Crippen molar-refractivity contribution in [2.24, 2.45) is 5.92 Å². The van der Waals surface area contributed by atoms with Crippen molar-refractivity contribution in [3.63, 3.8) is 0 Å². The van der Waals surface area contributed by atoms with Crippen LogP contribution >= 0.6 is 0 Å². The van der Waals surface area contributed by atoms with Gasteiger partial charge < -0.3 is 14.6 Å². The van der Waals surface area contributed by atoms with Crippen molar-refractivity contribution in [2.45, 2.75) is 70.6 Å². The van der Waals surface area contributed by atoms with Gasteiger partial charge in [-0.3, -0.25) is 0 Å². The summed E-state index contributed by atoms with van der Waals surface area (Å²) in [6.07, 6.45) is -4.78. The van der Waals surface area contributed by atoms with Gasteiger partial charge in [-0.15, -0.1) is 0 Å². The molecule has 0 aromatic rings. The number of alkyl halides is 3. The first-order valence-corrected chi connectivity index (χ1v) is 6.88. The van der Waals surface area contributed by atoms with Crippen molar-refractivity contribution >= 4 is 0 Å². The number of hydrogen-bond acceptors (Lipinski definition) is 3. The van der Waals surface area contributed by atoms with Gasteiger partial charge in [0.1, 0.15) is 0 Å². The molecule has 4 atom stereocenters. The second-order valence-electron chi connectivity index (χ2n) is 5.16. The van der Waals surface area contributed by atoms with Gasteiger partial charge in [0.25, 0.3) is 0 Å². The lowest BCUT2D eigenvalue weighted by Crippen LogP contribution is -2.52. The maximum absolute atomic E-state index is 12.7. The smallest absolute Gasteiger partial charge is 0.390 e. The Morgan fingerprint density at radius 1 is 1.26 bits per heavy atom. The molecule has 1 heterocycles. The van der Waals surface area contributed by atoms with Crippen LogP contribution in [0.25, 0.3) is 0 Å². The zero-order chi connectivity index (χ0) is 14.5. The standard InChI is InChI=1S/C13H23F3O3/c1-3-4-5-6-7-18-10-8-9(2)11(17)12(19-10)13(14,15)16/h9-12,17H,3-8H2,1-2H3. The van der Waals surface area contributed by atoms with Gasteiger partial charge in [-0.2, -0.15) is 13.2 Å². The van der Waals surface area contributed by atoms with Gasteiger partial charge in [0.2, 0.25) is 0 Å². The molecule has 1 aliphatic heterocycles. The fraction of sp³-hybridized carbons (Fsp3) is 1.00. The van der Waals surface area contributed by atoms with E-state index in [-0.39, 0.29) is 0 Å². The summed E-state index contributed by atoms with van der Waals surface area (Å²) < 4.78 is 48.2. The summed E-state index contributed by atoms with van der Waals surface area (Å²) in [5.74, 6) is -0.485. The molecular weight excluding hydrogens is 261 g/mol. The lowest BCUT2D eigenvalue weighted by atomic mass is 9.93. The first-order chi connectivity index (χ1) is 8.86. The summed E-state index contributed by atoms with van der Waals surface area (Å²) in [6, 6.07) is 0. The normalized spacial score (nSPS) is 32.5. The van der Waals surface area contributed by atoms with E-state index in [1.807, 2.05) is 0 Å². The van der Waals surface area contributed by atoms with Gasteiger partial charge >= 0.3 is 6.18 Å². The third-order valence-electron chi connectivity index (χ3n) is 3.38. The molecule has 6 heteroatoms. The largest absolute Gasteiger partial charge is 0.417 e. The van der Waals surface area contributed by atoms with Crippen LogP contribution in [-0.4, -0.2) is 36.4 Å². The second-order valence-corrected chi connectivity index (χ2v) is 5.16. The molecule has 0 aliphatic carbocycles. The predicted molar refractivity (Wildman–Crippen MR) is 64.6 cm³/mol. The van der Waals surface area contributed by atoms with E-state index in [0.717, 1.165) is 25.7 Å². The van der Waals surface area contributed by atoms with Gasteiger partial charge in [0, 0.05) is 13.0 Å². The van der Waals surface area contributed by atoms with E-state index in [1.165, 1.54) is 0 Å². The molecule has 1 fully saturated rings. The molecular formula is C13H23F3O3. The van der Waals surface area contributed by atoms with Gasteiger partial charge in [-0.05, 0) is 12.3 Å². The Bertz CT molecular complexity index is 258. The van der Waals surface area contributed by atoms with E-state index >= 15 is 0 Å². The SMILES string of the molecule is CCCCCCOC1CC(C)C(O)C(C(F)(F)F)O1. The van der Waals surface area contributed by atoms with E-state index < -0.39 is 30.6 Å². The van der Waals surface area contributed by atoms with Crippen LogP contribution in [0.2, 0.25) is 0 Å².